The zero-order valence-electron chi connectivity index (χ0n) is 12.3. The minimum Gasteiger partial charge on any atom is -0.298 e. The van der Waals surface area contributed by atoms with Gasteiger partial charge in [0.1, 0.15) is 5.92 Å². The third-order valence-electron chi connectivity index (χ3n) is 6.87. The molecule has 1 unspecified atom stereocenters. The van der Waals surface area contributed by atoms with E-state index in [1.165, 1.54) is 51.4 Å². The molecule has 5 aliphatic rings. The molecule has 5 saturated carbocycles. The number of Topliss-reactive ketones (excluding diaryl/α,β-unsaturated/α-hetero) is 1. The van der Waals surface area contributed by atoms with E-state index < -0.39 is 0 Å². The van der Waals surface area contributed by atoms with E-state index in [4.69, 9.17) is 0 Å². The molecular formula is C18H25NO. The predicted octanol–water partition coefficient (Wildman–Crippen LogP) is 4.10. The van der Waals surface area contributed by atoms with Gasteiger partial charge >= 0.3 is 0 Å². The number of nitrogens with zero attached hydrogens (tertiary/aromatic N) is 1. The number of ketones is 1. The molecule has 0 aliphatic heterocycles. The second kappa shape index (κ2) is 4.58. The summed E-state index contributed by atoms with van der Waals surface area (Å²) in [5.41, 5.74) is 0.0865. The Balaban J connectivity index is 1.61. The van der Waals surface area contributed by atoms with Crippen molar-refractivity contribution >= 4 is 5.78 Å². The zero-order chi connectivity index (χ0) is 13.7. The van der Waals surface area contributed by atoms with Gasteiger partial charge in [0.15, 0.2) is 5.78 Å². The number of carbonyl (C=O) groups is 1. The molecular weight excluding hydrogens is 246 g/mol. The standard InChI is InChI=1S/C18H25NO/c19-11-16(17(20)15-3-1-2-4-15)18-8-12-5-13(9-18)7-14(6-12)10-18/h12-16H,1-10H2. The van der Waals surface area contributed by atoms with Crippen molar-refractivity contribution in [1.82, 2.24) is 0 Å². The summed E-state index contributed by atoms with van der Waals surface area (Å²) in [5, 5.41) is 9.75. The highest BCUT2D eigenvalue weighted by atomic mass is 16.1. The Morgan fingerprint density at radius 2 is 1.50 bits per heavy atom. The van der Waals surface area contributed by atoms with Gasteiger partial charge in [-0.25, -0.2) is 0 Å². The molecule has 0 N–H and O–H groups in total. The van der Waals surface area contributed by atoms with Crippen LogP contribution in [0, 0.1) is 46.3 Å². The van der Waals surface area contributed by atoms with Gasteiger partial charge in [-0.15, -0.1) is 0 Å². The van der Waals surface area contributed by atoms with Crippen molar-refractivity contribution in [2.45, 2.75) is 64.2 Å². The van der Waals surface area contributed by atoms with E-state index in [1.54, 1.807) is 0 Å². The van der Waals surface area contributed by atoms with Gasteiger partial charge in [0.2, 0.25) is 0 Å². The maximum Gasteiger partial charge on any atom is 0.153 e. The van der Waals surface area contributed by atoms with E-state index in [-0.39, 0.29) is 17.3 Å². The Labute approximate surface area is 121 Å². The van der Waals surface area contributed by atoms with Crippen molar-refractivity contribution in [3.63, 3.8) is 0 Å². The van der Waals surface area contributed by atoms with Crippen molar-refractivity contribution in [2.24, 2.45) is 35.0 Å². The molecule has 5 fully saturated rings. The molecule has 4 bridgehead atoms. The van der Waals surface area contributed by atoms with Crippen LogP contribution >= 0.6 is 0 Å². The SMILES string of the molecule is N#CC(C(=O)C1CCCC1)C12CC3CC(CC(C3)C1)C2. The minimum absolute atomic E-state index is 0.0865. The number of nitriles is 1. The maximum atomic E-state index is 12.9. The first-order valence-electron chi connectivity index (χ1n) is 8.63. The molecule has 0 heterocycles. The second-order valence-corrected chi connectivity index (χ2v) is 8.23. The molecule has 0 spiro atoms. The Morgan fingerprint density at radius 1 is 1.00 bits per heavy atom. The van der Waals surface area contributed by atoms with Gasteiger partial charge in [-0.2, -0.15) is 5.26 Å². The highest BCUT2D eigenvalue weighted by molar-refractivity contribution is 5.86. The van der Waals surface area contributed by atoms with E-state index in [0.29, 0.717) is 5.78 Å². The van der Waals surface area contributed by atoms with Crippen molar-refractivity contribution in [3.05, 3.63) is 0 Å². The first kappa shape index (κ1) is 12.9. The van der Waals surface area contributed by atoms with Crippen LogP contribution in [0.2, 0.25) is 0 Å². The number of carbonyl (C=O) groups excluding carboxylic acids is 1. The summed E-state index contributed by atoms with van der Waals surface area (Å²) < 4.78 is 0. The van der Waals surface area contributed by atoms with Crippen LogP contribution < -0.4 is 0 Å². The summed E-state index contributed by atoms with van der Waals surface area (Å²) in [4.78, 5) is 12.9. The van der Waals surface area contributed by atoms with E-state index in [2.05, 4.69) is 6.07 Å². The summed E-state index contributed by atoms with van der Waals surface area (Å²) in [6.07, 6.45) is 12.2. The quantitative estimate of drug-likeness (QED) is 0.775. The fourth-order valence-electron chi connectivity index (χ4n) is 6.48. The smallest absolute Gasteiger partial charge is 0.153 e. The molecule has 2 nitrogen and oxygen atoms in total. The summed E-state index contributed by atoms with van der Waals surface area (Å²) in [6.45, 7) is 0. The molecule has 0 aromatic rings. The van der Waals surface area contributed by atoms with E-state index >= 15 is 0 Å². The van der Waals surface area contributed by atoms with E-state index in [0.717, 1.165) is 30.6 Å². The highest BCUT2D eigenvalue weighted by Crippen LogP contribution is 2.63. The summed E-state index contributed by atoms with van der Waals surface area (Å²) in [7, 11) is 0. The predicted molar refractivity (Wildman–Crippen MR) is 76.7 cm³/mol. The minimum atomic E-state index is -0.279. The molecule has 0 aromatic heterocycles. The van der Waals surface area contributed by atoms with Crippen LogP contribution in [0.15, 0.2) is 0 Å². The zero-order valence-corrected chi connectivity index (χ0v) is 12.3. The lowest BCUT2D eigenvalue weighted by Gasteiger charge is -2.58. The lowest BCUT2D eigenvalue weighted by atomic mass is 9.46. The van der Waals surface area contributed by atoms with Gasteiger partial charge in [0.05, 0.1) is 6.07 Å². The van der Waals surface area contributed by atoms with Crippen LogP contribution in [0.5, 0.6) is 0 Å². The van der Waals surface area contributed by atoms with Crippen molar-refractivity contribution < 1.29 is 4.79 Å². The van der Waals surface area contributed by atoms with Gasteiger partial charge in [-0.3, -0.25) is 4.79 Å². The molecule has 0 saturated heterocycles. The summed E-state index contributed by atoms with van der Waals surface area (Å²) in [6, 6.07) is 2.49. The first-order chi connectivity index (χ1) is 9.70. The largest absolute Gasteiger partial charge is 0.298 e. The molecule has 0 aromatic carbocycles. The maximum absolute atomic E-state index is 12.9. The molecule has 5 rings (SSSR count). The lowest BCUT2D eigenvalue weighted by Crippen LogP contribution is -2.51. The molecule has 0 radical (unpaired) electrons. The van der Waals surface area contributed by atoms with Crippen molar-refractivity contribution in [2.75, 3.05) is 0 Å². The first-order valence-corrected chi connectivity index (χ1v) is 8.63. The third-order valence-corrected chi connectivity index (χ3v) is 6.87. The molecule has 20 heavy (non-hydrogen) atoms. The fraction of sp³-hybridized carbons (Fsp3) is 0.889. The summed E-state index contributed by atoms with van der Waals surface area (Å²) >= 11 is 0. The Bertz CT molecular complexity index is 419. The topological polar surface area (TPSA) is 40.9 Å². The third kappa shape index (κ3) is 1.85. The normalized spacial score (nSPS) is 44.5. The monoisotopic (exact) mass is 271 g/mol. The van der Waals surface area contributed by atoms with Gasteiger partial charge in [0.25, 0.3) is 0 Å². The van der Waals surface area contributed by atoms with Crippen molar-refractivity contribution in [3.8, 4) is 6.07 Å². The van der Waals surface area contributed by atoms with Crippen LogP contribution in [-0.4, -0.2) is 5.78 Å². The van der Waals surface area contributed by atoms with Crippen LogP contribution in [0.1, 0.15) is 64.2 Å². The second-order valence-electron chi connectivity index (χ2n) is 8.23. The summed E-state index contributed by atoms with van der Waals surface area (Å²) in [5.74, 6) is 2.74. The molecule has 0 amide bonds. The number of hydrogen-bond acceptors (Lipinski definition) is 2. The molecule has 5 aliphatic carbocycles. The lowest BCUT2D eigenvalue weighted by molar-refractivity contribution is -0.137. The van der Waals surface area contributed by atoms with E-state index in [1.807, 2.05) is 0 Å². The van der Waals surface area contributed by atoms with Crippen LogP contribution in [-0.2, 0) is 4.79 Å². The van der Waals surface area contributed by atoms with Gasteiger partial charge in [-0.1, -0.05) is 12.8 Å². The van der Waals surface area contributed by atoms with Gasteiger partial charge < -0.3 is 0 Å². The number of rotatable bonds is 3. The van der Waals surface area contributed by atoms with Crippen LogP contribution in [0.25, 0.3) is 0 Å². The average molecular weight is 271 g/mol. The van der Waals surface area contributed by atoms with Crippen LogP contribution in [0.4, 0.5) is 0 Å². The van der Waals surface area contributed by atoms with Gasteiger partial charge in [-0.05, 0) is 74.5 Å². The van der Waals surface area contributed by atoms with Crippen LogP contribution in [0.3, 0.4) is 0 Å². The fourth-order valence-corrected chi connectivity index (χ4v) is 6.48. The Hall–Kier alpha value is -0.840. The Kier molecular flexibility index (Phi) is 2.95. The molecule has 2 heteroatoms. The molecule has 108 valence electrons. The average Bonchev–Trinajstić information content (AvgIpc) is 2.91. The highest BCUT2D eigenvalue weighted by Gasteiger charge is 2.56. The number of hydrogen-bond donors (Lipinski definition) is 0. The molecule has 1 atom stereocenters. The Morgan fingerprint density at radius 3 is 1.95 bits per heavy atom. The van der Waals surface area contributed by atoms with Crippen molar-refractivity contribution in [1.29, 1.82) is 5.26 Å². The van der Waals surface area contributed by atoms with E-state index in [9.17, 15) is 10.1 Å². The van der Waals surface area contributed by atoms with Gasteiger partial charge in [0, 0.05) is 5.92 Å².